The summed E-state index contributed by atoms with van der Waals surface area (Å²) in [7, 11) is 3.20. The third-order valence-electron chi connectivity index (χ3n) is 4.99. The van der Waals surface area contributed by atoms with Gasteiger partial charge in [0.05, 0.1) is 26.5 Å². The molecule has 1 aliphatic rings. The molecule has 29 heavy (non-hydrogen) atoms. The molecule has 1 aliphatic heterocycles. The third kappa shape index (κ3) is 3.80. The van der Waals surface area contributed by atoms with Crippen molar-refractivity contribution < 1.29 is 14.3 Å². The number of hydrogen-bond acceptors (Lipinski definition) is 6. The minimum absolute atomic E-state index is 0.279. The molecule has 0 saturated carbocycles. The zero-order valence-electron chi connectivity index (χ0n) is 16.8. The molecule has 9 heteroatoms. The van der Waals surface area contributed by atoms with Crippen molar-refractivity contribution in [2.24, 2.45) is 0 Å². The predicted molar refractivity (Wildman–Crippen MR) is 107 cm³/mol. The summed E-state index contributed by atoms with van der Waals surface area (Å²) in [6.45, 7) is 3.14. The Labute approximate surface area is 168 Å². The quantitative estimate of drug-likeness (QED) is 0.687. The number of fused-ring (bicyclic) bond motifs is 1. The van der Waals surface area contributed by atoms with Gasteiger partial charge in [0.2, 0.25) is 5.82 Å². The number of carbonyl (C=O) groups is 1. The first-order valence-corrected chi connectivity index (χ1v) is 9.58. The maximum atomic E-state index is 12.8. The van der Waals surface area contributed by atoms with Gasteiger partial charge in [0.25, 0.3) is 5.91 Å². The normalized spacial score (nSPS) is 13.1. The molecule has 0 fully saturated rings. The molecule has 1 N–H and O–H groups in total. The summed E-state index contributed by atoms with van der Waals surface area (Å²) in [5.74, 6) is 2.86. The van der Waals surface area contributed by atoms with Crippen molar-refractivity contribution in [2.45, 2.75) is 39.3 Å². The van der Waals surface area contributed by atoms with E-state index in [-0.39, 0.29) is 5.91 Å². The second-order valence-electron chi connectivity index (χ2n) is 7.02. The Bertz CT molecular complexity index is 1040. The van der Waals surface area contributed by atoms with E-state index in [1.807, 2.05) is 35.8 Å². The number of benzene rings is 1. The van der Waals surface area contributed by atoms with Gasteiger partial charge < -0.3 is 19.4 Å². The van der Waals surface area contributed by atoms with Crippen LogP contribution in [0.4, 0.5) is 5.82 Å². The molecule has 1 amide bonds. The van der Waals surface area contributed by atoms with Crippen molar-refractivity contribution in [2.75, 3.05) is 19.5 Å². The lowest BCUT2D eigenvalue weighted by atomic mass is 10.1. The van der Waals surface area contributed by atoms with Gasteiger partial charge in [-0.3, -0.25) is 4.79 Å². The lowest BCUT2D eigenvalue weighted by molar-refractivity contribution is 0.101. The lowest BCUT2D eigenvalue weighted by Crippen LogP contribution is -2.22. The number of hydrogen-bond donors (Lipinski definition) is 1. The van der Waals surface area contributed by atoms with Crippen LogP contribution in [0.3, 0.4) is 0 Å². The number of nitrogens with one attached hydrogen (secondary N) is 1. The van der Waals surface area contributed by atoms with E-state index in [2.05, 4.69) is 20.6 Å². The highest BCUT2D eigenvalue weighted by atomic mass is 16.5. The van der Waals surface area contributed by atoms with Crippen LogP contribution in [0, 0.1) is 6.92 Å². The lowest BCUT2D eigenvalue weighted by Gasteiger charge is -2.15. The van der Waals surface area contributed by atoms with Crippen LogP contribution in [0.1, 0.15) is 40.5 Å². The molecule has 4 rings (SSSR count). The number of rotatable bonds is 6. The number of methoxy groups -OCH3 is 2. The maximum absolute atomic E-state index is 12.8. The summed E-state index contributed by atoms with van der Waals surface area (Å²) in [5.41, 5.74) is 1.78. The average molecular weight is 396 g/mol. The number of anilines is 1. The highest BCUT2D eigenvalue weighted by Gasteiger charge is 2.22. The molecular weight excluding hydrogens is 372 g/mol. The summed E-state index contributed by atoms with van der Waals surface area (Å²) >= 11 is 0. The maximum Gasteiger partial charge on any atom is 0.294 e. The number of aromatic nitrogens is 5. The van der Waals surface area contributed by atoms with Crippen LogP contribution in [0.2, 0.25) is 0 Å². The van der Waals surface area contributed by atoms with E-state index >= 15 is 0 Å². The van der Waals surface area contributed by atoms with Gasteiger partial charge in [-0.25, -0.2) is 4.68 Å². The van der Waals surface area contributed by atoms with Crippen LogP contribution in [-0.2, 0) is 19.5 Å². The average Bonchev–Trinajstić information content (AvgIpc) is 3.31. The first kappa shape index (κ1) is 19.0. The Morgan fingerprint density at radius 2 is 1.97 bits per heavy atom. The summed E-state index contributed by atoms with van der Waals surface area (Å²) in [5, 5.41) is 15.7. The Hall–Kier alpha value is -3.36. The highest BCUT2D eigenvalue weighted by molar-refractivity contribution is 6.01. The number of carbonyl (C=O) groups excluding carboxylic acids is 1. The molecule has 0 unspecified atom stereocenters. The second-order valence-corrected chi connectivity index (χ2v) is 7.02. The highest BCUT2D eigenvalue weighted by Crippen LogP contribution is 2.28. The molecule has 3 heterocycles. The van der Waals surface area contributed by atoms with Gasteiger partial charge in [-0.1, -0.05) is 6.07 Å². The topological polar surface area (TPSA) is 96.1 Å². The standard InChI is InChI=1S/C20H24N6O3/c1-13-10-18(21-20(27)19-23-22-17-6-4-5-9-25(17)19)26(24-13)12-14-7-8-15(28-2)16(11-14)29-3/h7-8,10-11H,4-6,9,12H2,1-3H3,(H,21,27). The molecule has 0 atom stereocenters. The molecule has 152 valence electrons. The van der Waals surface area contributed by atoms with Gasteiger partial charge in [0.15, 0.2) is 11.5 Å². The fraction of sp³-hybridized carbons (Fsp3) is 0.400. The largest absolute Gasteiger partial charge is 0.493 e. The Balaban J connectivity index is 1.56. The van der Waals surface area contributed by atoms with Crippen molar-refractivity contribution in [1.82, 2.24) is 24.5 Å². The fourth-order valence-corrected chi connectivity index (χ4v) is 3.57. The molecule has 0 spiro atoms. The van der Waals surface area contributed by atoms with Crippen molar-refractivity contribution in [3.05, 3.63) is 47.2 Å². The SMILES string of the molecule is COc1ccc(Cn2nc(C)cc2NC(=O)c2nnc3n2CCCC3)cc1OC. The Morgan fingerprint density at radius 1 is 1.14 bits per heavy atom. The summed E-state index contributed by atoms with van der Waals surface area (Å²) in [6.07, 6.45) is 2.97. The van der Waals surface area contributed by atoms with Crippen LogP contribution >= 0.6 is 0 Å². The molecular formula is C20H24N6O3. The van der Waals surface area contributed by atoms with Crippen molar-refractivity contribution in [1.29, 1.82) is 0 Å². The van der Waals surface area contributed by atoms with E-state index in [4.69, 9.17) is 9.47 Å². The zero-order chi connectivity index (χ0) is 20.4. The molecule has 1 aromatic carbocycles. The fourth-order valence-electron chi connectivity index (χ4n) is 3.57. The summed E-state index contributed by atoms with van der Waals surface area (Å²) in [4.78, 5) is 12.8. The van der Waals surface area contributed by atoms with E-state index in [0.717, 1.165) is 42.9 Å². The number of amides is 1. The van der Waals surface area contributed by atoms with Crippen LogP contribution in [-0.4, -0.2) is 44.7 Å². The van der Waals surface area contributed by atoms with Crippen LogP contribution in [0.25, 0.3) is 0 Å². The third-order valence-corrected chi connectivity index (χ3v) is 4.99. The minimum atomic E-state index is -0.279. The Morgan fingerprint density at radius 3 is 2.76 bits per heavy atom. The monoisotopic (exact) mass is 396 g/mol. The van der Waals surface area contributed by atoms with E-state index < -0.39 is 0 Å². The van der Waals surface area contributed by atoms with Gasteiger partial charge >= 0.3 is 0 Å². The van der Waals surface area contributed by atoms with Gasteiger partial charge in [-0.2, -0.15) is 5.10 Å². The van der Waals surface area contributed by atoms with Crippen LogP contribution < -0.4 is 14.8 Å². The van der Waals surface area contributed by atoms with Gasteiger partial charge in [-0.05, 0) is 37.5 Å². The second kappa shape index (κ2) is 7.94. The van der Waals surface area contributed by atoms with E-state index in [1.54, 1.807) is 18.9 Å². The zero-order valence-corrected chi connectivity index (χ0v) is 16.8. The van der Waals surface area contributed by atoms with Crippen LogP contribution in [0.5, 0.6) is 11.5 Å². The number of aryl methyl sites for hydroxylation is 2. The first-order valence-electron chi connectivity index (χ1n) is 9.58. The predicted octanol–water partition coefficient (Wildman–Crippen LogP) is 2.44. The van der Waals surface area contributed by atoms with Gasteiger partial charge in [0, 0.05) is 19.0 Å². The van der Waals surface area contributed by atoms with E-state index in [0.29, 0.717) is 29.7 Å². The first-order chi connectivity index (χ1) is 14.1. The van der Waals surface area contributed by atoms with Crippen molar-refractivity contribution >= 4 is 11.7 Å². The Kier molecular flexibility index (Phi) is 5.20. The van der Waals surface area contributed by atoms with Gasteiger partial charge in [-0.15, -0.1) is 10.2 Å². The minimum Gasteiger partial charge on any atom is -0.493 e. The number of nitrogens with zero attached hydrogens (tertiary/aromatic N) is 5. The molecule has 9 nitrogen and oxygen atoms in total. The van der Waals surface area contributed by atoms with Gasteiger partial charge in [0.1, 0.15) is 11.6 Å². The molecule has 0 aliphatic carbocycles. The number of ether oxygens (including phenoxy) is 2. The van der Waals surface area contributed by atoms with Crippen molar-refractivity contribution in [3.8, 4) is 11.5 Å². The summed E-state index contributed by atoms with van der Waals surface area (Å²) in [6, 6.07) is 7.53. The molecule has 3 aromatic rings. The molecule has 0 radical (unpaired) electrons. The summed E-state index contributed by atoms with van der Waals surface area (Å²) < 4.78 is 14.3. The van der Waals surface area contributed by atoms with E-state index in [1.165, 1.54) is 0 Å². The van der Waals surface area contributed by atoms with E-state index in [9.17, 15) is 4.79 Å². The van der Waals surface area contributed by atoms with Crippen molar-refractivity contribution in [3.63, 3.8) is 0 Å². The molecule has 2 aromatic heterocycles. The van der Waals surface area contributed by atoms with Crippen LogP contribution in [0.15, 0.2) is 24.3 Å². The smallest absolute Gasteiger partial charge is 0.294 e. The molecule has 0 bridgehead atoms. The molecule has 0 saturated heterocycles.